The summed E-state index contributed by atoms with van der Waals surface area (Å²) < 4.78 is 0. The number of aromatic nitrogens is 2. The van der Waals surface area contributed by atoms with E-state index in [9.17, 15) is 0 Å². The third-order valence-electron chi connectivity index (χ3n) is 1.56. The van der Waals surface area contributed by atoms with Crippen LogP contribution in [0.4, 0.5) is 0 Å². The molecule has 0 aromatic carbocycles. The maximum atomic E-state index is 8.40. The Labute approximate surface area is 72.4 Å². The molecule has 0 aliphatic heterocycles. The Morgan fingerprint density at radius 3 is 3.00 bits per heavy atom. The van der Waals surface area contributed by atoms with Crippen molar-refractivity contribution in [2.75, 3.05) is 0 Å². The van der Waals surface area contributed by atoms with Gasteiger partial charge < -0.3 is 4.98 Å². The molecule has 1 heterocycles. The van der Waals surface area contributed by atoms with Gasteiger partial charge in [-0.05, 0) is 12.3 Å². The van der Waals surface area contributed by atoms with E-state index in [4.69, 9.17) is 5.26 Å². The van der Waals surface area contributed by atoms with Crippen LogP contribution in [0.2, 0.25) is 0 Å². The first-order chi connectivity index (χ1) is 5.72. The van der Waals surface area contributed by atoms with E-state index in [1.54, 1.807) is 0 Å². The third-order valence-corrected chi connectivity index (χ3v) is 1.56. The number of imidazole rings is 1. The summed E-state index contributed by atoms with van der Waals surface area (Å²) in [5, 5.41) is 8.40. The van der Waals surface area contributed by atoms with E-state index in [0.717, 1.165) is 17.9 Å². The molecular formula is C9H13N3. The van der Waals surface area contributed by atoms with Crippen LogP contribution in [0.5, 0.6) is 0 Å². The fraction of sp³-hybridized carbons (Fsp3) is 0.556. The SMILES string of the molecule is CC(C)Cc1cnc(CC#N)[nH]1. The summed E-state index contributed by atoms with van der Waals surface area (Å²) in [6.45, 7) is 4.32. The Kier molecular flexibility index (Phi) is 2.87. The van der Waals surface area contributed by atoms with Crippen molar-refractivity contribution in [2.24, 2.45) is 5.92 Å². The Morgan fingerprint density at radius 2 is 2.42 bits per heavy atom. The molecular weight excluding hydrogens is 150 g/mol. The molecule has 0 saturated heterocycles. The van der Waals surface area contributed by atoms with E-state index in [0.29, 0.717) is 12.3 Å². The minimum Gasteiger partial charge on any atom is -0.345 e. The molecule has 1 rings (SSSR count). The predicted molar refractivity (Wildman–Crippen MR) is 46.4 cm³/mol. The summed E-state index contributed by atoms with van der Waals surface area (Å²) in [4.78, 5) is 7.19. The molecule has 3 heteroatoms. The fourth-order valence-corrected chi connectivity index (χ4v) is 1.11. The molecule has 0 spiro atoms. The molecule has 0 aliphatic carbocycles. The van der Waals surface area contributed by atoms with Crippen LogP contribution in [0.25, 0.3) is 0 Å². The second kappa shape index (κ2) is 3.91. The van der Waals surface area contributed by atoms with Gasteiger partial charge in [-0.25, -0.2) is 4.98 Å². The number of nitrogens with one attached hydrogen (secondary N) is 1. The zero-order valence-corrected chi connectivity index (χ0v) is 7.46. The summed E-state index contributed by atoms with van der Waals surface area (Å²) in [5.74, 6) is 1.40. The Balaban J connectivity index is 2.59. The molecule has 0 atom stereocenters. The lowest BCUT2D eigenvalue weighted by molar-refractivity contribution is 0.637. The number of hydrogen-bond acceptors (Lipinski definition) is 2. The Morgan fingerprint density at radius 1 is 1.67 bits per heavy atom. The van der Waals surface area contributed by atoms with Crippen LogP contribution < -0.4 is 0 Å². The maximum absolute atomic E-state index is 8.40. The predicted octanol–water partition coefficient (Wildman–Crippen LogP) is 1.67. The van der Waals surface area contributed by atoms with Crippen molar-refractivity contribution in [3.8, 4) is 6.07 Å². The summed E-state index contributed by atoms with van der Waals surface area (Å²) in [7, 11) is 0. The number of H-pyrrole nitrogens is 1. The molecule has 0 radical (unpaired) electrons. The lowest BCUT2D eigenvalue weighted by Crippen LogP contribution is -1.94. The van der Waals surface area contributed by atoms with Crippen molar-refractivity contribution in [1.29, 1.82) is 5.26 Å². The average Bonchev–Trinajstić information content (AvgIpc) is 2.36. The molecule has 1 aromatic heterocycles. The molecule has 0 aliphatic rings. The molecule has 1 aromatic rings. The molecule has 0 unspecified atom stereocenters. The lowest BCUT2D eigenvalue weighted by atomic mass is 10.1. The van der Waals surface area contributed by atoms with Gasteiger partial charge in [0.1, 0.15) is 5.82 Å². The molecule has 0 amide bonds. The van der Waals surface area contributed by atoms with Gasteiger partial charge in [0.25, 0.3) is 0 Å². The van der Waals surface area contributed by atoms with Gasteiger partial charge in [-0.15, -0.1) is 0 Å². The van der Waals surface area contributed by atoms with Gasteiger partial charge in [0, 0.05) is 11.9 Å². The first-order valence-corrected chi connectivity index (χ1v) is 4.12. The summed E-state index contributed by atoms with van der Waals surface area (Å²) in [6.07, 6.45) is 3.18. The van der Waals surface area contributed by atoms with Gasteiger partial charge in [0.2, 0.25) is 0 Å². The van der Waals surface area contributed by atoms with Gasteiger partial charge in [0.05, 0.1) is 12.5 Å². The van der Waals surface area contributed by atoms with Crippen molar-refractivity contribution in [3.63, 3.8) is 0 Å². The van der Waals surface area contributed by atoms with E-state index >= 15 is 0 Å². The standard InChI is InChI=1S/C9H13N3/c1-7(2)5-8-6-11-9(12-8)3-4-10/h6-7H,3,5H2,1-2H3,(H,11,12). The summed E-state index contributed by atoms with van der Waals surface area (Å²) in [6, 6.07) is 2.06. The Hall–Kier alpha value is -1.30. The largest absolute Gasteiger partial charge is 0.345 e. The molecule has 12 heavy (non-hydrogen) atoms. The van der Waals surface area contributed by atoms with Crippen molar-refractivity contribution >= 4 is 0 Å². The van der Waals surface area contributed by atoms with Crippen molar-refractivity contribution in [2.45, 2.75) is 26.7 Å². The number of nitriles is 1. The van der Waals surface area contributed by atoms with Crippen LogP contribution >= 0.6 is 0 Å². The highest BCUT2D eigenvalue weighted by Gasteiger charge is 2.01. The van der Waals surface area contributed by atoms with Crippen LogP contribution in [0.3, 0.4) is 0 Å². The summed E-state index contributed by atoms with van der Waals surface area (Å²) >= 11 is 0. The number of nitrogens with zero attached hydrogens (tertiary/aromatic N) is 2. The van der Waals surface area contributed by atoms with Crippen molar-refractivity contribution in [3.05, 3.63) is 17.7 Å². The lowest BCUT2D eigenvalue weighted by Gasteiger charge is -1.99. The fourth-order valence-electron chi connectivity index (χ4n) is 1.11. The first kappa shape index (κ1) is 8.79. The monoisotopic (exact) mass is 163 g/mol. The molecule has 0 saturated carbocycles. The topological polar surface area (TPSA) is 52.5 Å². The molecule has 1 N–H and O–H groups in total. The molecule has 3 nitrogen and oxygen atoms in total. The number of rotatable bonds is 3. The zero-order valence-electron chi connectivity index (χ0n) is 7.46. The molecule has 64 valence electrons. The van der Waals surface area contributed by atoms with Gasteiger partial charge in [-0.3, -0.25) is 0 Å². The van der Waals surface area contributed by atoms with E-state index in [2.05, 4.69) is 29.9 Å². The van der Waals surface area contributed by atoms with E-state index in [-0.39, 0.29) is 0 Å². The smallest absolute Gasteiger partial charge is 0.120 e. The third kappa shape index (κ3) is 2.39. The first-order valence-electron chi connectivity index (χ1n) is 4.12. The summed E-state index contributed by atoms with van der Waals surface area (Å²) in [5.41, 5.74) is 1.12. The van der Waals surface area contributed by atoms with Crippen LogP contribution in [-0.2, 0) is 12.8 Å². The van der Waals surface area contributed by atoms with Gasteiger partial charge in [-0.2, -0.15) is 5.26 Å². The van der Waals surface area contributed by atoms with Crippen LogP contribution in [0, 0.1) is 17.2 Å². The van der Waals surface area contributed by atoms with Crippen molar-refractivity contribution in [1.82, 2.24) is 9.97 Å². The maximum Gasteiger partial charge on any atom is 0.120 e. The quantitative estimate of drug-likeness (QED) is 0.737. The van der Waals surface area contributed by atoms with Crippen molar-refractivity contribution < 1.29 is 0 Å². The Bertz CT molecular complexity index is 280. The highest BCUT2D eigenvalue weighted by Crippen LogP contribution is 2.05. The van der Waals surface area contributed by atoms with Gasteiger partial charge in [0.15, 0.2) is 0 Å². The second-order valence-electron chi connectivity index (χ2n) is 3.29. The molecule has 0 bridgehead atoms. The highest BCUT2D eigenvalue weighted by molar-refractivity contribution is 5.05. The van der Waals surface area contributed by atoms with Crippen LogP contribution in [-0.4, -0.2) is 9.97 Å². The second-order valence-corrected chi connectivity index (χ2v) is 3.29. The van der Waals surface area contributed by atoms with Crippen LogP contribution in [0.15, 0.2) is 6.20 Å². The van der Waals surface area contributed by atoms with Gasteiger partial charge >= 0.3 is 0 Å². The average molecular weight is 163 g/mol. The number of aromatic amines is 1. The van der Waals surface area contributed by atoms with E-state index in [1.165, 1.54) is 0 Å². The highest BCUT2D eigenvalue weighted by atomic mass is 14.9. The zero-order chi connectivity index (χ0) is 8.97. The minimum absolute atomic E-state index is 0.373. The normalized spacial score (nSPS) is 10.2. The molecule has 0 fully saturated rings. The van der Waals surface area contributed by atoms with E-state index in [1.807, 2.05) is 6.20 Å². The van der Waals surface area contributed by atoms with Crippen LogP contribution in [0.1, 0.15) is 25.4 Å². The van der Waals surface area contributed by atoms with E-state index < -0.39 is 0 Å². The minimum atomic E-state index is 0.373. The number of hydrogen-bond donors (Lipinski definition) is 1. The van der Waals surface area contributed by atoms with Gasteiger partial charge in [-0.1, -0.05) is 13.8 Å².